The third kappa shape index (κ3) is 4.82. The van der Waals surface area contributed by atoms with E-state index in [0.29, 0.717) is 32.0 Å². The van der Waals surface area contributed by atoms with E-state index >= 15 is 0 Å². The Labute approximate surface area is 163 Å². The highest BCUT2D eigenvalue weighted by Gasteiger charge is 2.43. The summed E-state index contributed by atoms with van der Waals surface area (Å²) in [6.07, 6.45) is 3.73. The lowest BCUT2D eigenvalue weighted by molar-refractivity contribution is -0.160. The van der Waals surface area contributed by atoms with Crippen LogP contribution in [0.1, 0.15) is 45.1 Å². The molecule has 5 heteroatoms. The maximum Gasteiger partial charge on any atom is 0.256 e. The van der Waals surface area contributed by atoms with E-state index in [2.05, 4.69) is 18.7 Å². The van der Waals surface area contributed by atoms with Gasteiger partial charge >= 0.3 is 0 Å². The van der Waals surface area contributed by atoms with Crippen LogP contribution in [0.15, 0.2) is 24.3 Å². The van der Waals surface area contributed by atoms with E-state index in [1.807, 2.05) is 24.3 Å². The molecule has 1 aromatic rings. The standard InChI is InChI=1S/C22H34N2O3/c1-17(2)19-8-12-23(13-9-19)16-22(26)10-5-11-24(21(22)25)15-18-6-4-7-20(14-18)27-3/h4,6-7,14,17,19,26H,5,8-13,15-16H2,1-3H3/t22-/m1/s1. The van der Waals surface area contributed by atoms with Crippen molar-refractivity contribution in [3.05, 3.63) is 29.8 Å². The molecule has 0 radical (unpaired) electrons. The molecule has 2 aliphatic rings. The van der Waals surface area contributed by atoms with Gasteiger partial charge in [-0.3, -0.25) is 9.69 Å². The molecule has 0 aromatic heterocycles. The fourth-order valence-electron chi connectivity index (χ4n) is 4.50. The number of carbonyl (C=O) groups is 1. The van der Waals surface area contributed by atoms with Crippen LogP contribution in [0.2, 0.25) is 0 Å². The normalized spacial score (nSPS) is 25.2. The van der Waals surface area contributed by atoms with Crippen LogP contribution in [0.25, 0.3) is 0 Å². The number of aliphatic hydroxyl groups is 1. The molecule has 0 aliphatic carbocycles. The Balaban J connectivity index is 1.61. The largest absolute Gasteiger partial charge is 0.497 e. The molecule has 0 unspecified atom stereocenters. The highest BCUT2D eigenvalue weighted by atomic mass is 16.5. The van der Waals surface area contributed by atoms with Gasteiger partial charge in [0.15, 0.2) is 5.60 Å². The number of benzene rings is 1. The fraction of sp³-hybridized carbons (Fsp3) is 0.682. The molecular weight excluding hydrogens is 340 g/mol. The Morgan fingerprint density at radius 3 is 2.67 bits per heavy atom. The lowest BCUT2D eigenvalue weighted by atomic mass is 9.85. The molecule has 1 N–H and O–H groups in total. The highest BCUT2D eigenvalue weighted by Crippen LogP contribution is 2.29. The van der Waals surface area contributed by atoms with Crippen LogP contribution in [0.3, 0.4) is 0 Å². The quantitative estimate of drug-likeness (QED) is 0.832. The van der Waals surface area contributed by atoms with Crippen molar-refractivity contribution >= 4 is 5.91 Å². The zero-order chi connectivity index (χ0) is 19.4. The van der Waals surface area contributed by atoms with Gasteiger partial charge in [-0.25, -0.2) is 0 Å². The molecule has 0 saturated carbocycles. The summed E-state index contributed by atoms with van der Waals surface area (Å²) in [7, 11) is 1.65. The van der Waals surface area contributed by atoms with Gasteiger partial charge in [0.2, 0.25) is 0 Å². The minimum absolute atomic E-state index is 0.123. The van der Waals surface area contributed by atoms with Gasteiger partial charge in [0, 0.05) is 19.6 Å². The van der Waals surface area contributed by atoms with Crippen molar-refractivity contribution in [3.63, 3.8) is 0 Å². The molecule has 27 heavy (non-hydrogen) atoms. The van der Waals surface area contributed by atoms with Crippen molar-refractivity contribution in [3.8, 4) is 5.75 Å². The molecule has 1 atom stereocenters. The molecule has 3 rings (SSSR count). The first kappa shape index (κ1) is 20.2. The van der Waals surface area contributed by atoms with Gasteiger partial charge in [-0.15, -0.1) is 0 Å². The second kappa shape index (κ2) is 8.61. The number of hydrogen-bond acceptors (Lipinski definition) is 4. The van der Waals surface area contributed by atoms with E-state index < -0.39 is 5.60 Å². The van der Waals surface area contributed by atoms with Gasteiger partial charge in [-0.05, 0) is 68.3 Å². The Morgan fingerprint density at radius 1 is 1.26 bits per heavy atom. The number of methoxy groups -OCH3 is 1. The van der Waals surface area contributed by atoms with Crippen LogP contribution in [-0.4, -0.2) is 59.7 Å². The predicted octanol–water partition coefficient (Wildman–Crippen LogP) is 2.92. The van der Waals surface area contributed by atoms with E-state index in [4.69, 9.17) is 4.74 Å². The van der Waals surface area contributed by atoms with Crippen LogP contribution in [0.5, 0.6) is 5.75 Å². The molecule has 2 aliphatic heterocycles. The third-order valence-corrected chi connectivity index (χ3v) is 6.27. The number of piperidine rings is 2. The van der Waals surface area contributed by atoms with E-state index in [1.165, 1.54) is 0 Å². The number of β-amino-alcohol motifs (C(OH)–C–C–N with tert-alkyl or cyclic N) is 1. The average molecular weight is 375 g/mol. The second-order valence-corrected chi connectivity index (χ2v) is 8.57. The van der Waals surface area contributed by atoms with Crippen molar-refractivity contribution in [2.75, 3.05) is 33.3 Å². The first-order valence-electron chi connectivity index (χ1n) is 10.3. The Kier molecular flexibility index (Phi) is 6.43. The van der Waals surface area contributed by atoms with Crippen molar-refractivity contribution in [2.24, 2.45) is 11.8 Å². The van der Waals surface area contributed by atoms with Gasteiger partial charge in [0.05, 0.1) is 7.11 Å². The van der Waals surface area contributed by atoms with E-state index in [1.54, 1.807) is 12.0 Å². The summed E-state index contributed by atoms with van der Waals surface area (Å²) in [5.74, 6) is 2.15. The second-order valence-electron chi connectivity index (χ2n) is 8.57. The number of amides is 1. The number of carbonyl (C=O) groups excluding carboxylic acids is 1. The maximum absolute atomic E-state index is 13.1. The third-order valence-electron chi connectivity index (χ3n) is 6.27. The van der Waals surface area contributed by atoms with Crippen LogP contribution in [0.4, 0.5) is 0 Å². The summed E-state index contributed by atoms with van der Waals surface area (Å²) < 4.78 is 5.28. The Hall–Kier alpha value is -1.59. The van der Waals surface area contributed by atoms with E-state index in [0.717, 1.165) is 49.6 Å². The highest BCUT2D eigenvalue weighted by molar-refractivity contribution is 5.86. The molecule has 1 amide bonds. The molecule has 0 spiro atoms. The van der Waals surface area contributed by atoms with Gasteiger partial charge in [0.25, 0.3) is 5.91 Å². The lowest BCUT2D eigenvalue weighted by Crippen LogP contribution is -2.59. The first-order valence-corrected chi connectivity index (χ1v) is 10.3. The topological polar surface area (TPSA) is 53.0 Å². The van der Waals surface area contributed by atoms with Gasteiger partial charge in [-0.2, -0.15) is 0 Å². The Bertz CT molecular complexity index is 640. The van der Waals surface area contributed by atoms with Crippen molar-refractivity contribution in [1.29, 1.82) is 0 Å². The maximum atomic E-state index is 13.1. The van der Waals surface area contributed by atoms with Gasteiger partial charge in [-0.1, -0.05) is 26.0 Å². The van der Waals surface area contributed by atoms with E-state index in [-0.39, 0.29) is 5.91 Å². The van der Waals surface area contributed by atoms with Crippen molar-refractivity contribution in [2.45, 2.75) is 51.7 Å². The molecular formula is C22H34N2O3. The van der Waals surface area contributed by atoms with Gasteiger partial charge in [0.1, 0.15) is 5.75 Å². The molecule has 150 valence electrons. The summed E-state index contributed by atoms with van der Waals surface area (Å²) in [6, 6.07) is 7.80. The fourth-order valence-corrected chi connectivity index (χ4v) is 4.50. The molecule has 2 fully saturated rings. The monoisotopic (exact) mass is 374 g/mol. The SMILES string of the molecule is COc1cccc(CN2CCC[C@@](O)(CN3CCC(C(C)C)CC3)C2=O)c1. The summed E-state index contributed by atoms with van der Waals surface area (Å²) >= 11 is 0. The van der Waals surface area contributed by atoms with Crippen LogP contribution in [-0.2, 0) is 11.3 Å². The molecule has 0 bridgehead atoms. The Morgan fingerprint density at radius 2 is 2.00 bits per heavy atom. The smallest absolute Gasteiger partial charge is 0.256 e. The summed E-state index contributed by atoms with van der Waals surface area (Å²) in [5, 5.41) is 11.2. The summed E-state index contributed by atoms with van der Waals surface area (Å²) in [6.45, 7) is 8.22. The van der Waals surface area contributed by atoms with Gasteiger partial charge < -0.3 is 14.7 Å². The molecule has 1 aromatic carbocycles. The van der Waals surface area contributed by atoms with Crippen LogP contribution in [0, 0.1) is 11.8 Å². The minimum atomic E-state index is -1.25. The zero-order valence-electron chi connectivity index (χ0n) is 17.0. The van der Waals surface area contributed by atoms with Crippen LogP contribution >= 0.6 is 0 Å². The average Bonchev–Trinajstić information content (AvgIpc) is 2.66. The summed E-state index contributed by atoms with van der Waals surface area (Å²) in [4.78, 5) is 17.2. The van der Waals surface area contributed by atoms with Crippen molar-refractivity contribution < 1.29 is 14.6 Å². The molecule has 5 nitrogen and oxygen atoms in total. The number of likely N-dealkylation sites (tertiary alicyclic amines) is 2. The van der Waals surface area contributed by atoms with Crippen LogP contribution < -0.4 is 4.74 Å². The summed E-state index contributed by atoms with van der Waals surface area (Å²) in [5.41, 5.74) is -0.216. The number of ether oxygens (including phenoxy) is 1. The zero-order valence-corrected chi connectivity index (χ0v) is 17.0. The predicted molar refractivity (Wildman–Crippen MR) is 107 cm³/mol. The number of hydrogen-bond donors (Lipinski definition) is 1. The van der Waals surface area contributed by atoms with Crippen molar-refractivity contribution in [1.82, 2.24) is 9.80 Å². The minimum Gasteiger partial charge on any atom is -0.497 e. The first-order chi connectivity index (χ1) is 12.9. The number of nitrogens with zero attached hydrogens (tertiary/aromatic N) is 2. The number of rotatable bonds is 6. The molecule has 2 heterocycles. The lowest BCUT2D eigenvalue weighted by Gasteiger charge is -2.43. The van der Waals surface area contributed by atoms with E-state index in [9.17, 15) is 9.90 Å². The molecule has 2 saturated heterocycles.